The molecular formula is C17H26N2. The zero-order valence-corrected chi connectivity index (χ0v) is 12.5. The summed E-state index contributed by atoms with van der Waals surface area (Å²) in [4.78, 5) is 5.14. The van der Waals surface area contributed by atoms with Crippen molar-refractivity contribution in [2.24, 2.45) is 11.8 Å². The van der Waals surface area contributed by atoms with Gasteiger partial charge >= 0.3 is 0 Å². The number of benzene rings is 1. The van der Waals surface area contributed by atoms with Crippen molar-refractivity contribution >= 4 is 0 Å². The SMILES string of the molecule is CC(C)c1ccc(CN2CC3CN(C)CC3C2)cc1. The van der Waals surface area contributed by atoms with Crippen molar-refractivity contribution in [3.63, 3.8) is 0 Å². The van der Waals surface area contributed by atoms with Crippen molar-refractivity contribution < 1.29 is 0 Å². The predicted octanol–water partition coefficient (Wildman–Crippen LogP) is 2.80. The van der Waals surface area contributed by atoms with E-state index in [1.54, 1.807) is 0 Å². The zero-order valence-electron chi connectivity index (χ0n) is 12.5. The van der Waals surface area contributed by atoms with Gasteiger partial charge in [-0.05, 0) is 35.9 Å². The third-order valence-corrected chi connectivity index (χ3v) is 4.80. The summed E-state index contributed by atoms with van der Waals surface area (Å²) >= 11 is 0. The summed E-state index contributed by atoms with van der Waals surface area (Å²) in [5, 5.41) is 0. The van der Waals surface area contributed by atoms with Crippen molar-refractivity contribution in [3.05, 3.63) is 35.4 Å². The van der Waals surface area contributed by atoms with E-state index < -0.39 is 0 Å². The Morgan fingerprint density at radius 2 is 1.58 bits per heavy atom. The molecule has 2 saturated heterocycles. The summed E-state index contributed by atoms with van der Waals surface area (Å²) in [6.07, 6.45) is 0. The van der Waals surface area contributed by atoms with Crippen LogP contribution in [-0.4, -0.2) is 43.0 Å². The summed E-state index contributed by atoms with van der Waals surface area (Å²) in [7, 11) is 2.26. The van der Waals surface area contributed by atoms with Gasteiger partial charge in [-0.1, -0.05) is 38.1 Å². The van der Waals surface area contributed by atoms with Crippen LogP contribution in [0.1, 0.15) is 30.9 Å². The minimum atomic E-state index is 0.635. The molecule has 2 heteroatoms. The minimum Gasteiger partial charge on any atom is -0.306 e. The molecule has 0 spiro atoms. The van der Waals surface area contributed by atoms with Crippen LogP contribution in [0.3, 0.4) is 0 Å². The molecule has 0 N–H and O–H groups in total. The van der Waals surface area contributed by atoms with Gasteiger partial charge in [-0.15, -0.1) is 0 Å². The van der Waals surface area contributed by atoms with Crippen molar-refractivity contribution in [3.8, 4) is 0 Å². The first-order chi connectivity index (χ1) is 9.11. The highest BCUT2D eigenvalue weighted by Gasteiger charge is 2.38. The molecule has 2 atom stereocenters. The minimum absolute atomic E-state index is 0.635. The number of hydrogen-bond donors (Lipinski definition) is 0. The van der Waals surface area contributed by atoms with E-state index in [-0.39, 0.29) is 0 Å². The van der Waals surface area contributed by atoms with Gasteiger partial charge in [0.05, 0.1) is 0 Å². The largest absolute Gasteiger partial charge is 0.306 e. The van der Waals surface area contributed by atoms with E-state index in [9.17, 15) is 0 Å². The van der Waals surface area contributed by atoms with Gasteiger partial charge in [-0.3, -0.25) is 4.90 Å². The summed E-state index contributed by atoms with van der Waals surface area (Å²) in [5.41, 5.74) is 2.92. The molecule has 19 heavy (non-hydrogen) atoms. The third-order valence-electron chi connectivity index (χ3n) is 4.80. The maximum absolute atomic E-state index is 2.65. The monoisotopic (exact) mass is 258 g/mol. The van der Waals surface area contributed by atoms with E-state index in [1.807, 2.05) is 0 Å². The Hall–Kier alpha value is -0.860. The first-order valence-electron chi connectivity index (χ1n) is 7.61. The van der Waals surface area contributed by atoms with Crippen LogP contribution in [0.4, 0.5) is 0 Å². The molecule has 0 saturated carbocycles. The lowest BCUT2D eigenvalue weighted by atomic mass is 10.0. The second-order valence-corrected chi connectivity index (χ2v) is 6.83. The Morgan fingerprint density at radius 3 is 2.11 bits per heavy atom. The van der Waals surface area contributed by atoms with Crippen LogP contribution < -0.4 is 0 Å². The van der Waals surface area contributed by atoms with Crippen LogP contribution >= 0.6 is 0 Å². The van der Waals surface area contributed by atoms with Crippen molar-refractivity contribution in [1.29, 1.82) is 0 Å². The molecule has 104 valence electrons. The van der Waals surface area contributed by atoms with Crippen LogP contribution in [0.25, 0.3) is 0 Å². The van der Waals surface area contributed by atoms with Gasteiger partial charge in [-0.25, -0.2) is 0 Å². The number of hydrogen-bond acceptors (Lipinski definition) is 2. The van der Waals surface area contributed by atoms with Gasteiger partial charge in [0.1, 0.15) is 0 Å². The van der Waals surface area contributed by atoms with Gasteiger partial charge in [0.15, 0.2) is 0 Å². The Bertz CT molecular complexity index is 409. The fourth-order valence-electron chi connectivity index (χ4n) is 3.72. The molecule has 2 fully saturated rings. The van der Waals surface area contributed by atoms with E-state index in [1.165, 1.54) is 37.3 Å². The molecule has 2 aliphatic rings. The van der Waals surface area contributed by atoms with Gasteiger partial charge in [0.2, 0.25) is 0 Å². The lowest BCUT2D eigenvalue weighted by molar-refractivity contribution is 0.272. The normalized spacial score (nSPS) is 28.2. The molecule has 1 aromatic rings. The lowest BCUT2D eigenvalue weighted by Gasteiger charge is -2.19. The topological polar surface area (TPSA) is 6.48 Å². The van der Waals surface area contributed by atoms with E-state index >= 15 is 0 Å². The fraction of sp³-hybridized carbons (Fsp3) is 0.647. The highest BCUT2D eigenvalue weighted by atomic mass is 15.2. The van der Waals surface area contributed by atoms with Gasteiger partial charge in [-0.2, -0.15) is 0 Å². The molecule has 0 aliphatic carbocycles. The smallest absolute Gasteiger partial charge is 0.0233 e. The van der Waals surface area contributed by atoms with Crippen LogP contribution in [0.5, 0.6) is 0 Å². The Labute approximate surface area is 117 Å². The predicted molar refractivity (Wildman–Crippen MR) is 80.3 cm³/mol. The average Bonchev–Trinajstić information content (AvgIpc) is 2.86. The van der Waals surface area contributed by atoms with E-state index in [0.717, 1.165) is 18.4 Å². The molecule has 0 amide bonds. The standard InChI is InChI=1S/C17H26N2/c1-13(2)15-6-4-14(5-7-15)8-19-11-16-9-18(3)10-17(16)12-19/h4-7,13,16-17H,8-12H2,1-3H3. The maximum Gasteiger partial charge on any atom is 0.0233 e. The summed E-state index contributed by atoms with van der Waals surface area (Å²) < 4.78 is 0. The van der Waals surface area contributed by atoms with Gasteiger partial charge < -0.3 is 4.90 Å². The molecule has 2 aliphatic heterocycles. The molecule has 0 aromatic heterocycles. The van der Waals surface area contributed by atoms with Crippen LogP contribution in [0.15, 0.2) is 24.3 Å². The first kappa shape index (κ1) is 13.1. The number of likely N-dealkylation sites (tertiary alicyclic amines) is 2. The molecule has 2 heterocycles. The van der Waals surface area contributed by atoms with Crippen molar-refractivity contribution in [2.75, 3.05) is 33.2 Å². The zero-order chi connectivity index (χ0) is 13.4. The van der Waals surface area contributed by atoms with Crippen molar-refractivity contribution in [1.82, 2.24) is 9.80 Å². The molecule has 3 rings (SSSR count). The highest BCUT2D eigenvalue weighted by molar-refractivity contribution is 5.24. The number of rotatable bonds is 3. The molecule has 0 radical (unpaired) electrons. The van der Waals surface area contributed by atoms with Crippen molar-refractivity contribution in [2.45, 2.75) is 26.3 Å². The van der Waals surface area contributed by atoms with Crippen LogP contribution in [0, 0.1) is 11.8 Å². The molecule has 1 aromatic carbocycles. The van der Waals surface area contributed by atoms with Gasteiger partial charge in [0, 0.05) is 32.7 Å². The van der Waals surface area contributed by atoms with E-state index in [0.29, 0.717) is 5.92 Å². The second kappa shape index (κ2) is 5.26. The Balaban J connectivity index is 1.58. The lowest BCUT2D eigenvalue weighted by Crippen LogP contribution is -2.26. The average molecular weight is 258 g/mol. The summed E-state index contributed by atoms with van der Waals surface area (Å²) in [6.45, 7) is 10.8. The van der Waals surface area contributed by atoms with Crippen LogP contribution in [-0.2, 0) is 6.54 Å². The van der Waals surface area contributed by atoms with E-state index in [4.69, 9.17) is 0 Å². The summed E-state index contributed by atoms with van der Waals surface area (Å²) in [6, 6.07) is 9.22. The first-order valence-corrected chi connectivity index (χ1v) is 7.61. The quantitative estimate of drug-likeness (QED) is 0.822. The maximum atomic E-state index is 2.65. The molecule has 2 unspecified atom stereocenters. The fourth-order valence-corrected chi connectivity index (χ4v) is 3.72. The summed E-state index contributed by atoms with van der Waals surface area (Å²) in [5.74, 6) is 2.47. The molecule has 2 nitrogen and oxygen atoms in total. The second-order valence-electron chi connectivity index (χ2n) is 6.83. The Morgan fingerprint density at radius 1 is 1.00 bits per heavy atom. The van der Waals surface area contributed by atoms with Crippen LogP contribution in [0.2, 0.25) is 0 Å². The number of nitrogens with zero attached hydrogens (tertiary/aromatic N) is 2. The Kier molecular flexibility index (Phi) is 3.64. The third kappa shape index (κ3) is 2.85. The molecule has 0 bridgehead atoms. The van der Waals surface area contributed by atoms with E-state index in [2.05, 4.69) is 55.0 Å². The number of fused-ring (bicyclic) bond motifs is 1. The molecular weight excluding hydrogens is 232 g/mol. The highest BCUT2D eigenvalue weighted by Crippen LogP contribution is 2.31. The van der Waals surface area contributed by atoms with Gasteiger partial charge in [0.25, 0.3) is 0 Å².